The number of halogens is 3. The van der Waals surface area contributed by atoms with Crippen LogP contribution in [0.2, 0.25) is 0 Å². The molecule has 0 radical (unpaired) electrons. The molecule has 2 aliphatic heterocycles. The van der Waals surface area contributed by atoms with Gasteiger partial charge in [-0.05, 0) is 137 Å². The van der Waals surface area contributed by atoms with Crippen LogP contribution in [-0.2, 0) is 24.6 Å². The first-order chi connectivity index (χ1) is 32.6. The van der Waals surface area contributed by atoms with E-state index in [9.17, 15) is 44.7 Å². The average Bonchev–Trinajstić information content (AvgIpc) is 3.78. The number of aliphatic hydroxyl groups excluding tert-OH is 1. The lowest BCUT2D eigenvalue weighted by Gasteiger charge is -2.36. The molecule has 7 rings (SSSR count). The maximum absolute atomic E-state index is 14.3. The molecule has 0 aromatic heterocycles. The molecule has 3 atom stereocenters. The van der Waals surface area contributed by atoms with Gasteiger partial charge in [0.05, 0.1) is 16.7 Å². The number of nitrogens with zero attached hydrogens (tertiary/aromatic N) is 2. The van der Waals surface area contributed by atoms with Crippen LogP contribution in [0.1, 0.15) is 80.5 Å². The highest BCUT2D eigenvalue weighted by molar-refractivity contribution is 7.99. The summed E-state index contributed by atoms with van der Waals surface area (Å²) < 4.78 is 104. The van der Waals surface area contributed by atoms with Gasteiger partial charge in [-0.15, -0.1) is 11.8 Å². The number of alkyl halides is 3. The lowest BCUT2D eigenvalue weighted by Crippen LogP contribution is -2.42. The Morgan fingerprint density at radius 2 is 1.48 bits per heavy atom. The molecular weight excluding hydrogens is 950 g/mol. The van der Waals surface area contributed by atoms with Crippen molar-refractivity contribution in [3.05, 3.63) is 138 Å². The molecule has 2 saturated heterocycles. The summed E-state index contributed by atoms with van der Waals surface area (Å²) in [5, 5.41) is 14.5. The van der Waals surface area contributed by atoms with Crippen LogP contribution >= 0.6 is 11.8 Å². The number of thioether (sulfide) groups is 1. The van der Waals surface area contributed by atoms with E-state index in [1.807, 2.05) is 90.5 Å². The summed E-state index contributed by atoms with van der Waals surface area (Å²) in [7, 11) is -11.1. The number of anilines is 2. The van der Waals surface area contributed by atoms with Crippen LogP contribution in [0.3, 0.4) is 0 Å². The fraction of sp³-hybridized carbons (Fsp3) is 0.373. The van der Waals surface area contributed by atoms with E-state index < -0.39 is 76.6 Å². The van der Waals surface area contributed by atoms with E-state index in [2.05, 4.69) is 10.2 Å². The Morgan fingerprint density at radius 3 is 2.13 bits per heavy atom. The van der Waals surface area contributed by atoms with E-state index in [0.29, 0.717) is 51.4 Å². The number of hydrogen-bond acceptors (Lipinski definition) is 11. The van der Waals surface area contributed by atoms with Crippen LogP contribution in [0.25, 0.3) is 11.1 Å². The van der Waals surface area contributed by atoms with Crippen LogP contribution in [0.15, 0.2) is 136 Å². The molecule has 2 aliphatic rings. The van der Waals surface area contributed by atoms with Gasteiger partial charge in [-0.1, -0.05) is 72.3 Å². The molecule has 0 bridgehead atoms. The smallest absolute Gasteiger partial charge is 0.444 e. The second-order valence-electron chi connectivity index (χ2n) is 18.5. The zero-order valence-corrected chi connectivity index (χ0v) is 41.2. The van der Waals surface area contributed by atoms with Gasteiger partial charge in [-0.3, -0.25) is 4.79 Å². The van der Waals surface area contributed by atoms with Crippen LogP contribution in [-0.4, -0.2) is 87.4 Å². The number of benzene rings is 5. The Labute approximate surface area is 406 Å². The maximum atomic E-state index is 14.3. The van der Waals surface area contributed by atoms with Crippen molar-refractivity contribution in [3.8, 4) is 11.1 Å². The van der Waals surface area contributed by atoms with Gasteiger partial charge in [0, 0.05) is 53.6 Å². The molecule has 69 heavy (non-hydrogen) atoms. The predicted octanol–water partition coefficient (Wildman–Crippen LogP) is 10.4. The Morgan fingerprint density at radius 1 is 0.826 bits per heavy atom. The normalized spacial score (nSPS) is 17.0. The quantitative estimate of drug-likeness (QED) is 0.0856. The minimum atomic E-state index is -6.16. The van der Waals surface area contributed by atoms with E-state index in [-0.39, 0.29) is 23.7 Å². The first-order valence-corrected chi connectivity index (χ1v) is 26.7. The number of hydrogen-bond donors (Lipinski definition) is 3. The number of aliphatic hydroxyl groups is 1. The number of likely N-dealkylation sites (tertiary alicyclic amines) is 1. The third-order valence-corrected chi connectivity index (χ3v) is 16.4. The third kappa shape index (κ3) is 12.6. The largest absolute Gasteiger partial charge is 0.501 e. The van der Waals surface area contributed by atoms with E-state index in [1.54, 1.807) is 37.8 Å². The monoisotopic (exact) mass is 1010 g/mol. The molecule has 18 heteroatoms. The maximum Gasteiger partial charge on any atom is 0.501 e. The number of nitrogens with one attached hydrogen (secondary N) is 2. The fourth-order valence-corrected chi connectivity index (χ4v) is 11.7. The summed E-state index contributed by atoms with van der Waals surface area (Å²) >= 11 is 1.37. The molecule has 12 nitrogen and oxygen atoms in total. The van der Waals surface area contributed by atoms with Crippen molar-refractivity contribution in [3.63, 3.8) is 0 Å². The van der Waals surface area contributed by atoms with Gasteiger partial charge in [0.1, 0.15) is 10.5 Å². The third-order valence-electron chi connectivity index (χ3n) is 12.3. The Hall–Kier alpha value is -5.56. The summed E-state index contributed by atoms with van der Waals surface area (Å²) in [6.45, 7) is 8.85. The first-order valence-electron chi connectivity index (χ1n) is 22.8. The molecular formula is C51H57F3N4O8S3. The van der Waals surface area contributed by atoms with Crippen LogP contribution in [0.5, 0.6) is 0 Å². The van der Waals surface area contributed by atoms with Crippen molar-refractivity contribution in [2.45, 2.75) is 104 Å². The number of sulfonamides is 1. The Kier molecular flexibility index (Phi) is 15.8. The topological polar surface area (TPSA) is 162 Å². The zero-order valence-electron chi connectivity index (χ0n) is 38.8. The lowest BCUT2D eigenvalue weighted by molar-refractivity contribution is -0.0436. The minimum Gasteiger partial charge on any atom is -0.444 e. The fourth-order valence-electron chi connectivity index (χ4n) is 8.75. The summed E-state index contributed by atoms with van der Waals surface area (Å²) in [4.78, 5) is 28.8. The summed E-state index contributed by atoms with van der Waals surface area (Å²) in [6, 6.07) is 32.5. The van der Waals surface area contributed by atoms with Gasteiger partial charge in [-0.25, -0.2) is 26.4 Å². The molecule has 5 aromatic carbocycles. The first kappa shape index (κ1) is 51.3. The van der Waals surface area contributed by atoms with Crippen molar-refractivity contribution in [1.29, 1.82) is 0 Å². The number of ether oxygens (including phenoxy) is 1. The lowest BCUT2D eigenvalue weighted by atomic mass is 9.84. The minimum absolute atomic E-state index is 0.00615. The van der Waals surface area contributed by atoms with Crippen molar-refractivity contribution < 1.29 is 49.4 Å². The molecule has 5 aromatic rings. The predicted molar refractivity (Wildman–Crippen MR) is 262 cm³/mol. The second kappa shape index (κ2) is 21.2. The van der Waals surface area contributed by atoms with E-state index in [1.165, 1.54) is 23.9 Å². The van der Waals surface area contributed by atoms with Crippen molar-refractivity contribution >= 4 is 55.0 Å². The van der Waals surface area contributed by atoms with Gasteiger partial charge >= 0.3 is 11.6 Å². The van der Waals surface area contributed by atoms with Gasteiger partial charge in [0.15, 0.2) is 0 Å². The number of rotatable bonds is 15. The second-order valence-corrected chi connectivity index (χ2v) is 23.2. The van der Waals surface area contributed by atoms with Crippen molar-refractivity contribution in [1.82, 2.24) is 9.62 Å². The molecule has 2 fully saturated rings. The van der Waals surface area contributed by atoms with E-state index in [4.69, 9.17) is 4.74 Å². The van der Waals surface area contributed by atoms with Crippen LogP contribution in [0, 0.1) is 12.8 Å². The Balaban J connectivity index is 1.05. The van der Waals surface area contributed by atoms with Crippen molar-refractivity contribution in [2.75, 3.05) is 35.6 Å². The molecule has 2 amide bonds. The highest BCUT2D eigenvalue weighted by Crippen LogP contribution is 2.39. The molecule has 0 unspecified atom stereocenters. The molecule has 0 aliphatic carbocycles. The number of carbonyl (C=O) groups excluding carboxylic acids is 2. The summed E-state index contributed by atoms with van der Waals surface area (Å²) in [5.41, 5.74) is -2.38. The van der Waals surface area contributed by atoms with Crippen LogP contribution < -0.4 is 14.9 Å². The SMILES string of the molecule is Cc1ccc(-c2ccccc2[C@H](O)C2CCN(c3ccc(C(=O)NS(=O)(=O)c4ccc(N[C@@H](CSc5ccccc5)C[C@@H]5CCCN5C(=O)OC(C)(C)C)c(S(=O)(=O)C(F)(F)F)c4)cc3)CC2)cc1. The number of sulfone groups is 1. The van der Waals surface area contributed by atoms with Crippen LogP contribution in [0.4, 0.5) is 29.3 Å². The molecule has 368 valence electrons. The average molecular weight is 1010 g/mol. The zero-order chi connectivity index (χ0) is 49.7. The molecule has 0 spiro atoms. The van der Waals surface area contributed by atoms with Gasteiger partial charge < -0.3 is 25.0 Å². The summed E-state index contributed by atoms with van der Waals surface area (Å²) in [5.74, 6) is -0.857. The number of amides is 2. The molecule has 3 N–H and O–H groups in total. The van der Waals surface area contributed by atoms with Crippen molar-refractivity contribution in [2.24, 2.45) is 5.92 Å². The Bertz CT molecular complexity index is 2820. The van der Waals surface area contributed by atoms with Gasteiger partial charge in [-0.2, -0.15) is 13.2 Å². The molecule has 2 heterocycles. The molecule has 0 saturated carbocycles. The highest BCUT2D eigenvalue weighted by atomic mass is 32.2. The van der Waals surface area contributed by atoms with Gasteiger partial charge in [0.25, 0.3) is 25.8 Å². The summed E-state index contributed by atoms with van der Waals surface area (Å²) in [6.07, 6.45) is 1.55. The number of aryl methyl sites for hydroxylation is 1. The highest BCUT2D eigenvalue weighted by Gasteiger charge is 2.49. The van der Waals surface area contributed by atoms with E-state index in [0.717, 1.165) is 45.0 Å². The number of carbonyl (C=O) groups is 2. The number of piperidine rings is 1. The van der Waals surface area contributed by atoms with E-state index >= 15 is 0 Å². The standard InChI is InChI=1S/C51H57F3N4O8S3/c1-34-16-18-35(19-17-34)43-14-8-9-15-44(43)47(59)36-26-29-57(30-27-36)39-22-20-37(21-23-39)48(60)56-69(64,65)42-24-25-45(46(32-42)68(62,63)51(52,53)54)55-38(33-67-41-12-6-5-7-13-41)31-40-11-10-28-58(40)49(61)66-50(2,3)4/h5-9,12-25,32,36,38,40,47,55,59H,10-11,26-31,33H2,1-4H3,(H,56,60)/t38-,40+,47-/m1/s1. The van der Waals surface area contributed by atoms with Gasteiger partial charge in [0.2, 0.25) is 0 Å².